The van der Waals surface area contributed by atoms with E-state index in [4.69, 9.17) is 5.26 Å². The highest BCUT2D eigenvalue weighted by atomic mass is 16.6. The molecule has 17 heavy (non-hydrogen) atoms. The van der Waals surface area contributed by atoms with E-state index in [9.17, 15) is 10.1 Å². The third-order valence-electron chi connectivity index (χ3n) is 2.37. The van der Waals surface area contributed by atoms with Gasteiger partial charge in [0.25, 0.3) is 5.69 Å². The van der Waals surface area contributed by atoms with Crippen LogP contribution >= 0.6 is 0 Å². The van der Waals surface area contributed by atoms with Gasteiger partial charge < -0.3 is 0 Å². The highest BCUT2D eigenvalue weighted by Crippen LogP contribution is 2.20. The predicted octanol–water partition coefficient (Wildman–Crippen LogP) is 1.96. The van der Waals surface area contributed by atoms with Gasteiger partial charge in [-0.1, -0.05) is 0 Å². The summed E-state index contributed by atoms with van der Waals surface area (Å²) in [6.45, 7) is 1.62. The second kappa shape index (κ2) is 4.06. The molecule has 6 heteroatoms. The minimum Gasteiger partial charge on any atom is -0.292 e. The van der Waals surface area contributed by atoms with Crippen molar-refractivity contribution >= 4 is 5.69 Å². The topological polar surface area (TPSA) is 84.8 Å². The Morgan fingerprint density at radius 2 is 2.35 bits per heavy atom. The lowest BCUT2D eigenvalue weighted by atomic mass is 10.2. The number of nitriles is 1. The zero-order valence-corrected chi connectivity index (χ0v) is 8.99. The van der Waals surface area contributed by atoms with Crippen molar-refractivity contribution in [3.8, 4) is 11.9 Å². The lowest BCUT2D eigenvalue weighted by Crippen LogP contribution is -2.01. The van der Waals surface area contributed by atoms with E-state index in [0.717, 1.165) is 0 Å². The van der Waals surface area contributed by atoms with Crippen molar-refractivity contribution < 1.29 is 4.92 Å². The van der Waals surface area contributed by atoms with Gasteiger partial charge in [0.05, 0.1) is 11.0 Å². The maximum Gasteiger partial charge on any atom is 0.277 e. The van der Waals surface area contributed by atoms with E-state index in [1.807, 2.05) is 6.07 Å². The molecule has 0 spiro atoms. The van der Waals surface area contributed by atoms with Gasteiger partial charge in [-0.2, -0.15) is 5.26 Å². The largest absolute Gasteiger partial charge is 0.292 e. The van der Waals surface area contributed by atoms with Gasteiger partial charge in [0.2, 0.25) is 0 Å². The number of aromatic nitrogens is 2. The first-order valence-electron chi connectivity index (χ1n) is 4.82. The molecular formula is C11H8N4O2. The second-order valence-electron chi connectivity index (χ2n) is 3.46. The molecule has 84 valence electrons. The number of hydrogen-bond donors (Lipinski definition) is 0. The van der Waals surface area contributed by atoms with Gasteiger partial charge in [0.15, 0.2) is 0 Å². The maximum absolute atomic E-state index is 10.8. The Morgan fingerprint density at radius 1 is 1.59 bits per heavy atom. The minimum atomic E-state index is -0.462. The second-order valence-corrected chi connectivity index (χ2v) is 3.46. The molecule has 0 N–H and O–H groups in total. The molecule has 0 radical (unpaired) electrons. The maximum atomic E-state index is 10.8. The normalized spacial score (nSPS) is 9.88. The van der Waals surface area contributed by atoms with Gasteiger partial charge in [0.1, 0.15) is 17.6 Å². The zero-order valence-electron chi connectivity index (χ0n) is 8.99. The monoisotopic (exact) mass is 228 g/mol. The molecule has 0 aliphatic heterocycles. The van der Waals surface area contributed by atoms with E-state index < -0.39 is 4.92 Å². The van der Waals surface area contributed by atoms with Crippen LogP contribution in [-0.2, 0) is 0 Å². The van der Waals surface area contributed by atoms with Crippen molar-refractivity contribution in [1.29, 1.82) is 5.26 Å². The molecular weight excluding hydrogens is 220 g/mol. The van der Waals surface area contributed by atoms with Gasteiger partial charge in [-0.25, -0.2) is 4.98 Å². The highest BCUT2D eigenvalue weighted by molar-refractivity contribution is 5.45. The zero-order chi connectivity index (χ0) is 12.4. The SMILES string of the molecule is Cc1cnc(-n2cccc2C#N)cc1[N+](=O)[O-]. The molecule has 0 aliphatic carbocycles. The van der Waals surface area contributed by atoms with E-state index >= 15 is 0 Å². The molecule has 0 fully saturated rings. The van der Waals surface area contributed by atoms with E-state index in [1.165, 1.54) is 16.8 Å². The number of nitrogens with zero attached hydrogens (tertiary/aromatic N) is 4. The lowest BCUT2D eigenvalue weighted by Gasteiger charge is -2.04. The summed E-state index contributed by atoms with van der Waals surface area (Å²) in [5.74, 6) is 0.365. The van der Waals surface area contributed by atoms with Gasteiger partial charge in [0, 0.05) is 18.0 Å². The molecule has 0 amide bonds. The molecule has 0 aromatic carbocycles. The van der Waals surface area contributed by atoms with Gasteiger partial charge in [-0.05, 0) is 19.1 Å². The Morgan fingerprint density at radius 3 is 3.00 bits per heavy atom. The quantitative estimate of drug-likeness (QED) is 0.580. The summed E-state index contributed by atoms with van der Waals surface area (Å²) in [6.07, 6.45) is 3.06. The fraction of sp³-hybridized carbons (Fsp3) is 0.0909. The van der Waals surface area contributed by atoms with Gasteiger partial charge in [-0.3, -0.25) is 14.7 Å². The Bertz CT molecular complexity index is 625. The minimum absolute atomic E-state index is 0.00686. The van der Waals surface area contributed by atoms with Crippen LogP contribution in [0.2, 0.25) is 0 Å². The van der Waals surface area contributed by atoms with Gasteiger partial charge in [-0.15, -0.1) is 0 Å². The average molecular weight is 228 g/mol. The van der Waals surface area contributed by atoms with Crippen molar-refractivity contribution in [3.63, 3.8) is 0 Å². The number of hydrogen-bond acceptors (Lipinski definition) is 4. The molecule has 2 aromatic rings. The predicted molar refractivity (Wildman–Crippen MR) is 59.7 cm³/mol. The van der Waals surface area contributed by atoms with Crippen molar-refractivity contribution in [1.82, 2.24) is 9.55 Å². The molecule has 0 unspecified atom stereocenters. The summed E-state index contributed by atoms with van der Waals surface area (Å²) in [4.78, 5) is 14.4. The third kappa shape index (κ3) is 1.86. The number of pyridine rings is 1. The fourth-order valence-electron chi connectivity index (χ4n) is 1.50. The molecule has 2 rings (SSSR count). The van der Waals surface area contributed by atoms with E-state index in [1.54, 1.807) is 25.3 Å². The summed E-state index contributed by atoms with van der Waals surface area (Å²) >= 11 is 0. The molecule has 0 atom stereocenters. The molecule has 0 aliphatic rings. The Balaban J connectivity index is 2.59. The smallest absolute Gasteiger partial charge is 0.277 e. The van der Waals surface area contributed by atoms with Crippen molar-refractivity contribution in [2.45, 2.75) is 6.92 Å². The molecule has 0 bridgehead atoms. The first-order valence-corrected chi connectivity index (χ1v) is 4.82. The summed E-state index contributed by atoms with van der Waals surface area (Å²) in [5, 5.41) is 19.7. The molecule has 0 saturated heterocycles. The number of aryl methyl sites for hydroxylation is 1. The summed E-state index contributed by atoms with van der Waals surface area (Å²) < 4.78 is 1.51. The Kier molecular flexibility index (Phi) is 2.58. The molecule has 6 nitrogen and oxygen atoms in total. The summed E-state index contributed by atoms with van der Waals surface area (Å²) in [7, 11) is 0. The van der Waals surface area contributed by atoms with Crippen LogP contribution in [0.15, 0.2) is 30.6 Å². The van der Waals surface area contributed by atoms with Crippen LogP contribution in [0.25, 0.3) is 5.82 Å². The lowest BCUT2D eigenvalue weighted by molar-refractivity contribution is -0.385. The fourth-order valence-corrected chi connectivity index (χ4v) is 1.50. The van der Waals surface area contributed by atoms with Gasteiger partial charge >= 0.3 is 0 Å². The van der Waals surface area contributed by atoms with Crippen molar-refractivity contribution in [3.05, 3.63) is 52.0 Å². The standard InChI is InChI=1S/C11H8N4O2/c1-8-7-13-11(5-10(8)15(16)17)14-4-2-3-9(14)6-12/h2-5,7H,1H3. The third-order valence-corrected chi connectivity index (χ3v) is 2.37. The van der Waals surface area contributed by atoms with Crippen LogP contribution in [0.5, 0.6) is 0 Å². The first kappa shape index (κ1) is 10.8. The number of rotatable bonds is 2. The Hall–Kier alpha value is -2.68. The van der Waals surface area contributed by atoms with Crippen LogP contribution < -0.4 is 0 Å². The van der Waals surface area contributed by atoms with Crippen molar-refractivity contribution in [2.75, 3.05) is 0 Å². The van der Waals surface area contributed by atoms with Crippen LogP contribution in [-0.4, -0.2) is 14.5 Å². The van der Waals surface area contributed by atoms with E-state index in [2.05, 4.69) is 4.98 Å². The van der Waals surface area contributed by atoms with E-state index in [0.29, 0.717) is 17.1 Å². The van der Waals surface area contributed by atoms with E-state index in [-0.39, 0.29) is 5.69 Å². The van der Waals surface area contributed by atoms with Crippen LogP contribution in [0.4, 0.5) is 5.69 Å². The summed E-state index contributed by atoms with van der Waals surface area (Å²) in [6, 6.07) is 6.65. The van der Waals surface area contributed by atoms with Crippen LogP contribution in [0.3, 0.4) is 0 Å². The van der Waals surface area contributed by atoms with Crippen molar-refractivity contribution in [2.24, 2.45) is 0 Å². The summed E-state index contributed by atoms with van der Waals surface area (Å²) in [5.41, 5.74) is 0.868. The Labute approximate surface area is 96.9 Å². The molecule has 2 heterocycles. The van der Waals surface area contributed by atoms with Crippen LogP contribution in [0, 0.1) is 28.4 Å². The molecule has 2 aromatic heterocycles. The molecule has 0 saturated carbocycles. The van der Waals surface area contributed by atoms with Crippen LogP contribution in [0.1, 0.15) is 11.3 Å². The first-order chi connectivity index (χ1) is 8.13. The highest BCUT2D eigenvalue weighted by Gasteiger charge is 2.13. The average Bonchev–Trinajstić information content (AvgIpc) is 2.77. The number of nitro groups is 1.